The molecule has 1 amide bonds. The Morgan fingerprint density at radius 3 is 2.46 bits per heavy atom. The van der Waals surface area contributed by atoms with E-state index in [1.54, 1.807) is 12.1 Å². The SMILES string of the molecule is N#Cc1ccc(C(=O)N2CCCN(C3Cc4ccccc4C3)CC2)cn1. The topological polar surface area (TPSA) is 60.2 Å². The van der Waals surface area contributed by atoms with Crippen molar-refractivity contribution in [1.82, 2.24) is 14.8 Å². The molecule has 2 heterocycles. The monoisotopic (exact) mass is 346 g/mol. The summed E-state index contributed by atoms with van der Waals surface area (Å²) in [5, 5.41) is 8.84. The number of hydrogen-bond donors (Lipinski definition) is 0. The minimum Gasteiger partial charge on any atom is -0.337 e. The summed E-state index contributed by atoms with van der Waals surface area (Å²) >= 11 is 0. The Bertz CT molecular complexity index is 815. The Kier molecular flexibility index (Phi) is 4.68. The van der Waals surface area contributed by atoms with Gasteiger partial charge in [-0.05, 0) is 42.5 Å². The van der Waals surface area contributed by atoms with E-state index in [2.05, 4.69) is 34.1 Å². The average Bonchev–Trinajstić information content (AvgIpc) is 2.97. The Hall–Kier alpha value is -2.71. The zero-order valence-corrected chi connectivity index (χ0v) is 14.8. The quantitative estimate of drug-likeness (QED) is 0.837. The molecule has 0 atom stereocenters. The number of carbonyl (C=O) groups excluding carboxylic acids is 1. The largest absolute Gasteiger partial charge is 0.337 e. The van der Waals surface area contributed by atoms with Gasteiger partial charge in [0.1, 0.15) is 11.8 Å². The van der Waals surface area contributed by atoms with E-state index in [0.29, 0.717) is 17.3 Å². The highest BCUT2D eigenvalue weighted by Gasteiger charge is 2.29. The highest BCUT2D eigenvalue weighted by Crippen LogP contribution is 2.26. The number of benzene rings is 1. The van der Waals surface area contributed by atoms with E-state index in [-0.39, 0.29) is 5.91 Å². The summed E-state index contributed by atoms with van der Waals surface area (Å²) in [6.45, 7) is 3.46. The van der Waals surface area contributed by atoms with Crippen molar-refractivity contribution in [2.45, 2.75) is 25.3 Å². The van der Waals surface area contributed by atoms with Crippen LogP contribution >= 0.6 is 0 Å². The van der Waals surface area contributed by atoms with Crippen LogP contribution in [-0.4, -0.2) is 52.9 Å². The number of nitriles is 1. The van der Waals surface area contributed by atoms with E-state index < -0.39 is 0 Å². The molecule has 5 nitrogen and oxygen atoms in total. The number of fused-ring (bicyclic) bond motifs is 1. The number of aromatic nitrogens is 1. The maximum Gasteiger partial charge on any atom is 0.255 e. The Morgan fingerprint density at radius 2 is 1.81 bits per heavy atom. The zero-order chi connectivity index (χ0) is 17.9. The van der Waals surface area contributed by atoms with Crippen molar-refractivity contribution in [1.29, 1.82) is 5.26 Å². The first-order valence-electron chi connectivity index (χ1n) is 9.21. The fourth-order valence-electron chi connectivity index (χ4n) is 4.07. The minimum atomic E-state index is 0.0125. The molecule has 1 aliphatic heterocycles. The lowest BCUT2D eigenvalue weighted by Gasteiger charge is -2.27. The van der Waals surface area contributed by atoms with Crippen molar-refractivity contribution in [3.05, 3.63) is 65.0 Å². The summed E-state index contributed by atoms with van der Waals surface area (Å²) in [6, 6.07) is 14.6. The lowest BCUT2D eigenvalue weighted by atomic mass is 10.1. The predicted octanol–water partition coefficient (Wildman–Crippen LogP) is 2.27. The fraction of sp³-hybridized carbons (Fsp3) is 0.381. The smallest absolute Gasteiger partial charge is 0.255 e. The third-order valence-electron chi connectivity index (χ3n) is 5.49. The molecule has 1 aromatic heterocycles. The summed E-state index contributed by atoms with van der Waals surface area (Å²) in [5.74, 6) is 0.0125. The molecule has 1 aliphatic carbocycles. The molecule has 1 saturated heterocycles. The van der Waals surface area contributed by atoms with Gasteiger partial charge in [-0.1, -0.05) is 24.3 Å². The van der Waals surface area contributed by atoms with Crippen molar-refractivity contribution in [2.75, 3.05) is 26.2 Å². The maximum absolute atomic E-state index is 12.7. The second-order valence-corrected chi connectivity index (χ2v) is 7.06. The van der Waals surface area contributed by atoms with Crippen LogP contribution in [-0.2, 0) is 12.8 Å². The summed E-state index contributed by atoms with van der Waals surface area (Å²) in [5.41, 5.74) is 3.84. The minimum absolute atomic E-state index is 0.0125. The van der Waals surface area contributed by atoms with E-state index >= 15 is 0 Å². The third-order valence-corrected chi connectivity index (χ3v) is 5.49. The summed E-state index contributed by atoms with van der Waals surface area (Å²) in [7, 11) is 0. The van der Waals surface area contributed by atoms with Crippen LogP contribution in [0, 0.1) is 11.3 Å². The van der Waals surface area contributed by atoms with Gasteiger partial charge in [-0.2, -0.15) is 5.26 Å². The van der Waals surface area contributed by atoms with Crippen LogP contribution < -0.4 is 0 Å². The van der Waals surface area contributed by atoms with Crippen molar-refractivity contribution in [3.63, 3.8) is 0 Å². The molecule has 0 unspecified atom stereocenters. The second kappa shape index (κ2) is 7.27. The van der Waals surface area contributed by atoms with Gasteiger partial charge >= 0.3 is 0 Å². The van der Waals surface area contributed by atoms with E-state index in [0.717, 1.165) is 45.4 Å². The lowest BCUT2D eigenvalue weighted by molar-refractivity contribution is 0.0758. The first-order valence-corrected chi connectivity index (χ1v) is 9.21. The third kappa shape index (κ3) is 3.33. The number of pyridine rings is 1. The zero-order valence-electron chi connectivity index (χ0n) is 14.8. The molecule has 2 aliphatic rings. The number of nitrogens with zero attached hydrogens (tertiary/aromatic N) is 4. The van der Waals surface area contributed by atoms with Gasteiger partial charge in [-0.15, -0.1) is 0 Å². The number of carbonyl (C=O) groups is 1. The van der Waals surface area contributed by atoms with Crippen LogP contribution in [0.5, 0.6) is 0 Å². The lowest BCUT2D eigenvalue weighted by Crippen LogP contribution is -2.40. The normalized spacial score (nSPS) is 18.2. The van der Waals surface area contributed by atoms with Crippen molar-refractivity contribution >= 4 is 5.91 Å². The highest BCUT2D eigenvalue weighted by atomic mass is 16.2. The highest BCUT2D eigenvalue weighted by molar-refractivity contribution is 5.94. The Balaban J connectivity index is 1.39. The first-order chi connectivity index (χ1) is 12.7. The molecule has 0 spiro atoms. The summed E-state index contributed by atoms with van der Waals surface area (Å²) < 4.78 is 0. The molecule has 5 heteroatoms. The van der Waals surface area contributed by atoms with Crippen LogP contribution in [0.2, 0.25) is 0 Å². The molecule has 0 saturated carbocycles. The van der Waals surface area contributed by atoms with Crippen molar-refractivity contribution in [3.8, 4) is 6.07 Å². The molecule has 26 heavy (non-hydrogen) atoms. The van der Waals surface area contributed by atoms with E-state index in [1.165, 1.54) is 17.3 Å². The van der Waals surface area contributed by atoms with Gasteiger partial charge in [0, 0.05) is 38.4 Å². The Labute approximate surface area is 153 Å². The molecule has 1 fully saturated rings. The second-order valence-electron chi connectivity index (χ2n) is 7.06. The van der Waals surface area contributed by atoms with E-state index in [9.17, 15) is 4.79 Å². The molecular weight excluding hydrogens is 324 g/mol. The molecule has 132 valence electrons. The van der Waals surface area contributed by atoms with Crippen molar-refractivity contribution in [2.24, 2.45) is 0 Å². The van der Waals surface area contributed by atoms with Gasteiger partial charge in [-0.3, -0.25) is 9.69 Å². The number of hydrogen-bond acceptors (Lipinski definition) is 4. The molecule has 1 aromatic carbocycles. The molecule has 2 aromatic rings. The number of amides is 1. The van der Waals surface area contributed by atoms with Crippen LogP contribution in [0.1, 0.15) is 33.6 Å². The van der Waals surface area contributed by atoms with Crippen LogP contribution in [0.15, 0.2) is 42.6 Å². The van der Waals surface area contributed by atoms with Gasteiger partial charge in [0.15, 0.2) is 0 Å². The van der Waals surface area contributed by atoms with Crippen molar-refractivity contribution < 1.29 is 4.79 Å². The van der Waals surface area contributed by atoms with Crippen LogP contribution in [0.25, 0.3) is 0 Å². The van der Waals surface area contributed by atoms with Gasteiger partial charge in [-0.25, -0.2) is 4.98 Å². The first kappa shape index (κ1) is 16.7. The summed E-state index contributed by atoms with van der Waals surface area (Å²) in [4.78, 5) is 21.2. The van der Waals surface area contributed by atoms with Gasteiger partial charge in [0.05, 0.1) is 5.56 Å². The Morgan fingerprint density at radius 1 is 1.04 bits per heavy atom. The number of rotatable bonds is 2. The van der Waals surface area contributed by atoms with Crippen LogP contribution in [0.4, 0.5) is 0 Å². The predicted molar refractivity (Wildman–Crippen MR) is 98.7 cm³/mol. The average molecular weight is 346 g/mol. The molecule has 0 N–H and O–H groups in total. The molecule has 0 radical (unpaired) electrons. The van der Waals surface area contributed by atoms with E-state index in [4.69, 9.17) is 5.26 Å². The molecular formula is C21H22N4O. The van der Waals surface area contributed by atoms with Crippen LogP contribution in [0.3, 0.4) is 0 Å². The fourth-order valence-corrected chi connectivity index (χ4v) is 4.07. The maximum atomic E-state index is 12.7. The molecule has 0 bridgehead atoms. The van der Waals surface area contributed by atoms with Gasteiger partial charge in [0.2, 0.25) is 0 Å². The standard InChI is InChI=1S/C21H22N4O/c22-14-19-7-6-18(15-23-19)21(26)25-9-3-8-24(10-11-25)20-12-16-4-1-2-5-17(16)13-20/h1-2,4-7,15,20H,3,8-13H2. The van der Waals surface area contributed by atoms with Gasteiger partial charge < -0.3 is 4.90 Å². The summed E-state index contributed by atoms with van der Waals surface area (Å²) in [6.07, 6.45) is 4.73. The van der Waals surface area contributed by atoms with E-state index in [1.807, 2.05) is 11.0 Å². The van der Waals surface area contributed by atoms with Gasteiger partial charge in [0.25, 0.3) is 5.91 Å². The molecule has 4 rings (SSSR count).